The van der Waals surface area contributed by atoms with Gasteiger partial charge in [-0.2, -0.15) is 0 Å². The fraction of sp³-hybridized carbons (Fsp3) is 0.238. The van der Waals surface area contributed by atoms with Gasteiger partial charge in [0.25, 0.3) is 11.6 Å². The topological polar surface area (TPSA) is 117 Å². The average Bonchev–Trinajstić information content (AvgIpc) is 2.71. The molecule has 0 aliphatic heterocycles. The summed E-state index contributed by atoms with van der Waals surface area (Å²) in [5.74, 6) is -0.798. The Morgan fingerprint density at radius 2 is 1.94 bits per heavy atom. The summed E-state index contributed by atoms with van der Waals surface area (Å²) < 4.78 is 15.8. The Balaban J connectivity index is 2.00. The van der Waals surface area contributed by atoms with Crippen LogP contribution in [0.5, 0.6) is 11.5 Å². The number of nitro groups is 1. The van der Waals surface area contributed by atoms with Crippen molar-refractivity contribution in [1.29, 1.82) is 0 Å². The normalized spacial score (nSPS) is 10.8. The molecule has 32 heavy (non-hydrogen) atoms. The van der Waals surface area contributed by atoms with Crippen molar-refractivity contribution in [2.24, 2.45) is 0 Å². The number of carbonyl (C=O) groups excluding carboxylic acids is 2. The molecule has 0 fully saturated rings. The molecule has 170 valence electrons. The lowest BCUT2D eigenvalue weighted by Gasteiger charge is -2.15. The van der Waals surface area contributed by atoms with Gasteiger partial charge in [0.15, 0.2) is 18.1 Å². The Labute approximate surface area is 194 Å². The highest BCUT2D eigenvalue weighted by molar-refractivity contribution is 6.32. The van der Waals surface area contributed by atoms with Crippen LogP contribution in [0.3, 0.4) is 0 Å². The fourth-order valence-corrected chi connectivity index (χ4v) is 2.92. The molecule has 0 spiro atoms. The predicted molar refractivity (Wildman–Crippen MR) is 120 cm³/mol. The minimum Gasteiger partial charge on any atom is -0.493 e. The van der Waals surface area contributed by atoms with E-state index in [4.69, 9.17) is 37.4 Å². The molecule has 2 aromatic carbocycles. The monoisotopic (exact) mass is 482 g/mol. The summed E-state index contributed by atoms with van der Waals surface area (Å²) in [6.45, 7) is 3.04. The molecule has 0 saturated carbocycles. The molecule has 0 aliphatic rings. The standard InChI is InChI=1S/C21H20Cl2N2O7/c1-12(2)32-21-15(23)8-13(9-18(21)30-3)4-7-20(27)31-11-19(26)24-16-10-14(22)5-6-17(16)25(28)29/h4-10,12H,11H2,1-3H3,(H,24,26). The quantitative estimate of drug-likeness (QED) is 0.234. The van der Waals surface area contributed by atoms with Gasteiger partial charge >= 0.3 is 5.97 Å². The number of hydrogen-bond donors (Lipinski definition) is 1. The minimum absolute atomic E-state index is 0.107. The number of nitrogens with one attached hydrogen (secondary N) is 1. The second-order valence-electron chi connectivity index (χ2n) is 6.61. The van der Waals surface area contributed by atoms with Crippen LogP contribution in [0, 0.1) is 10.1 Å². The van der Waals surface area contributed by atoms with Gasteiger partial charge in [-0.05, 0) is 49.8 Å². The zero-order chi connectivity index (χ0) is 23.8. The van der Waals surface area contributed by atoms with Gasteiger partial charge in [0.05, 0.1) is 23.2 Å². The lowest BCUT2D eigenvalue weighted by molar-refractivity contribution is -0.383. The zero-order valence-electron chi connectivity index (χ0n) is 17.4. The van der Waals surface area contributed by atoms with Gasteiger partial charge in [-0.15, -0.1) is 0 Å². The molecule has 1 amide bonds. The number of nitro benzene ring substituents is 1. The highest BCUT2D eigenvalue weighted by Crippen LogP contribution is 2.37. The first kappa shape index (κ1) is 25.0. The molecule has 0 unspecified atom stereocenters. The summed E-state index contributed by atoms with van der Waals surface area (Å²) >= 11 is 12.0. The number of anilines is 1. The lowest BCUT2D eigenvalue weighted by Crippen LogP contribution is -2.20. The Bertz CT molecular complexity index is 1050. The Kier molecular flexibility index (Phi) is 8.86. The number of hydrogen-bond acceptors (Lipinski definition) is 7. The molecule has 9 nitrogen and oxygen atoms in total. The van der Waals surface area contributed by atoms with Gasteiger partial charge in [-0.1, -0.05) is 23.2 Å². The molecule has 0 heterocycles. The van der Waals surface area contributed by atoms with Crippen LogP contribution in [0.25, 0.3) is 6.08 Å². The summed E-state index contributed by atoms with van der Waals surface area (Å²) in [6.07, 6.45) is 2.41. The maximum atomic E-state index is 12.0. The van der Waals surface area contributed by atoms with Crippen LogP contribution in [0.4, 0.5) is 11.4 Å². The fourth-order valence-electron chi connectivity index (χ4n) is 2.49. The third-order valence-electron chi connectivity index (χ3n) is 3.79. The third-order valence-corrected chi connectivity index (χ3v) is 4.31. The second kappa shape index (κ2) is 11.4. The maximum Gasteiger partial charge on any atom is 0.331 e. The van der Waals surface area contributed by atoms with Crippen LogP contribution >= 0.6 is 23.2 Å². The number of amides is 1. The number of rotatable bonds is 9. The summed E-state index contributed by atoms with van der Waals surface area (Å²) in [5, 5.41) is 13.8. The second-order valence-corrected chi connectivity index (χ2v) is 7.45. The van der Waals surface area contributed by atoms with Gasteiger partial charge in [0.1, 0.15) is 5.69 Å². The van der Waals surface area contributed by atoms with Crippen molar-refractivity contribution in [3.63, 3.8) is 0 Å². The van der Waals surface area contributed by atoms with E-state index < -0.39 is 23.4 Å². The van der Waals surface area contributed by atoms with Crippen LogP contribution in [0.15, 0.2) is 36.4 Å². The summed E-state index contributed by atoms with van der Waals surface area (Å²) in [7, 11) is 1.46. The molecular formula is C21H20Cl2N2O7. The van der Waals surface area contributed by atoms with E-state index in [1.807, 2.05) is 13.8 Å². The first-order valence-electron chi connectivity index (χ1n) is 9.23. The minimum atomic E-state index is -0.807. The number of halogens is 2. The summed E-state index contributed by atoms with van der Waals surface area (Å²) in [6, 6.07) is 6.91. The Morgan fingerprint density at radius 3 is 2.56 bits per heavy atom. The van der Waals surface area contributed by atoms with E-state index >= 15 is 0 Å². The maximum absolute atomic E-state index is 12.0. The first-order chi connectivity index (χ1) is 15.1. The molecule has 1 N–H and O–H groups in total. The Hall–Kier alpha value is -3.30. The first-order valence-corrected chi connectivity index (χ1v) is 9.99. The van der Waals surface area contributed by atoms with E-state index in [-0.39, 0.29) is 22.5 Å². The van der Waals surface area contributed by atoms with E-state index in [0.29, 0.717) is 22.1 Å². The summed E-state index contributed by atoms with van der Waals surface area (Å²) in [4.78, 5) is 34.3. The van der Waals surface area contributed by atoms with Crippen LogP contribution in [-0.2, 0) is 14.3 Å². The molecular weight excluding hydrogens is 463 g/mol. The van der Waals surface area contributed by atoms with Crippen molar-refractivity contribution in [2.75, 3.05) is 19.0 Å². The van der Waals surface area contributed by atoms with Gasteiger partial charge in [-0.25, -0.2) is 4.79 Å². The van der Waals surface area contributed by atoms with Crippen molar-refractivity contribution >= 4 is 52.5 Å². The molecule has 0 aromatic heterocycles. The van der Waals surface area contributed by atoms with Crippen LogP contribution < -0.4 is 14.8 Å². The largest absolute Gasteiger partial charge is 0.493 e. The van der Waals surface area contributed by atoms with Crippen molar-refractivity contribution in [3.8, 4) is 11.5 Å². The number of carbonyl (C=O) groups is 2. The van der Waals surface area contributed by atoms with E-state index in [0.717, 1.165) is 12.1 Å². The molecule has 0 bridgehead atoms. The van der Waals surface area contributed by atoms with Crippen molar-refractivity contribution < 1.29 is 28.7 Å². The smallest absolute Gasteiger partial charge is 0.331 e. The predicted octanol–water partition coefficient (Wildman–Crippen LogP) is 4.89. The van der Waals surface area contributed by atoms with Gasteiger partial charge < -0.3 is 19.5 Å². The lowest BCUT2D eigenvalue weighted by atomic mass is 10.2. The number of nitrogens with zero attached hydrogens (tertiary/aromatic N) is 1. The molecule has 0 saturated heterocycles. The van der Waals surface area contributed by atoms with E-state index in [9.17, 15) is 19.7 Å². The van der Waals surface area contributed by atoms with Crippen molar-refractivity contribution in [1.82, 2.24) is 0 Å². The van der Waals surface area contributed by atoms with Gasteiger partial charge in [-0.3, -0.25) is 14.9 Å². The van der Waals surface area contributed by atoms with Crippen LogP contribution in [0.1, 0.15) is 19.4 Å². The molecule has 2 rings (SSSR count). The number of benzene rings is 2. The van der Waals surface area contributed by atoms with Crippen LogP contribution in [-0.4, -0.2) is 36.6 Å². The molecule has 0 radical (unpaired) electrons. The van der Waals surface area contributed by atoms with E-state index in [1.54, 1.807) is 12.1 Å². The SMILES string of the molecule is COc1cc(C=CC(=O)OCC(=O)Nc2cc(Cl)ccc2[N+](=O)[O-])cc(Cl)c1OC(C)C. The van der Waals surface area contributed by atoms with E-state index in [1.165, 1.54) is 25.3 Å². The number of ether oxygens (including phenoxy) is 3. The molecule has 11 heteroatoms. The highest BCUT2D eigenvalue weighted by Gasteiger charge is 2.17. The number of methoxy groups -OCH3 is 1. The highest BCUT2D eigenvalue weighted by atomic mass is 35.5. The summed E-state index contributed by atoms with van der Waals surface area (Å²) in [5.41, 5.74) is 0.0909. The van der Waals surface area contributed by atoms with Gasteiger partial charge in [0, 0.05) is 17.2 Å². The Morgan fingerprint density at radius 1 is 1.22 bits per heavy atom. The van der Waals surface area contributed by atoms with Crippen molar-refractivity contribution in [3.05, 3.63) is 62.1 Å². The average molecular weight is 483 g/mol. The molecule has 0 aliphatic carbocycles. The van der Waals surface area contributed by atoms with Crippen LogP contribution in [0.2, 0.25) is 10.0 Å². The molecule has 2 aromatic rings. The molecule has 0 atom stereocenters. The third kappa shape index (κ3) is 7.14. The van der Waals surface area contributed by atoms with E-state index in [2.05, 4.69) is 5.32 Å². The zero-order valence-corrected chi connectivity index (χ0v) is 18.9. The van der Waals surface area contributed by atoms with Crippen molar-refractivity contribution in [2.45, 2.75) is 20.0 Å². The number of esters is 1. The van der Waals surface area contributed by atoms with Gasteiger partial charge in [0.2, 0.25) is 0 Å².